The quantitative estimate of drug-likeness (QED) is 0.558. The molecule has 1 aromatic carbocycles. The van der Waals surface area contributed by atoms with Gasteiger partial charge in [0, 0.05) is 45.2 Å². The van der Waals surface area contributed by atoms with Crippen LogP contribution in [0, 0.1) is 11.8 Å². The van der Waals surface area contributed by atoms with E-state index in [0.717, 1.165) is 81.5 Å². The highest BCUT2D eigenvalue weighted by atomic mass is 16.5. The monoisotopic (exact) mass is 488 g/mol. The topological polar surface area (TPSA) is 80.8 Å². The van der Waals surface area contributed by atoms with Crippen molar-refractivity contribution in [2.75, 3.05) is 51.3 Å². The number of fused-ring (bicyclic) bond motifs is 3. The molecule has 4 aliphatic heterocycles. The second-order valence-corrected chi connectivity index (χ2v) is 10.2. The van der Waals surface area contributed by atoms with Crippen molar-refractivity contribution in [3.63, 3.8) is 0 Å². The van der Waals surface area contributed by atoms with Crippen molar-refractivity contribution >= 4 is 11.6 Å². The van der Waals surface area contributed by atoms with E-state index in [1.165, 1.54) is 0 Å². The van der Waals surface area contributed by atoms with E-state index in [4.69, 9.17) is 4.74 Å². The molecule has 9 nitrogen and oxygen atoms in total. The van der Waals surface area contributed by atoms with Crippen molar-refractivity contribution in [1.29, 1.82) is 0 Å². The molecule has 2 bridgehead atoms. The van der Waals surface area contributed by atoms with Gasteiger partial charge >= 0.3 is 0 Å². The largest absolute Gasteiger partial charge is 0.495 e. The maximum absolute atomic E-state index is 13.6. The van der Waals surface area contributed by atoms with Crippen LogP contribution in [0.25, 0.3) is 11.4 Å². The number of benzene rings is 1. The summed E-state index contributed by atoms with van der Waals surface area (Å²) in [5.41, 5.74) is 2.77. The average molecular weight is 489 g/mol. The molecular formula is C27H34N7O2+. The van der Waals surface area contributed by atoms with Gasteiger partial charge in [-0.15, -0.1) is 5.10 Å². The van der Waals surface area contributed by atoms with Crippen molar-refractivity contribution in [2.24, 2.45) is 11.8 Å². The number of rotatable bonds is 6. The summed E-state index contributed by atoms with van der Waals surface area (Å²) in [5, 5.41) is 8.69. The lowest BCUT2D eigenvalue weighted by molar-refractivity contribution is -0.945. The number of piperidine rings is 3. The fourth-order valence-corrected chi connectivity index (χ4v) is 6.34. The number of pyridine rings is 1. The van der Waals surface area contributed by atoms with Gasteiger partial charge in [0.2, 0.25) is 5.91 Å². The van der Waals surface area contributed by atoms with E-state index in [1.807, 2.05) is 47.3 Å². The normalized spacial score (nSPS) is 25.7. The fraction of sp³-hybridized carbons (Fsp3) is 0.481. The van der Waals surface area contributed by atoms with Crippen LogP contribution in [0.1, 0.15) is 12.8 Å². The molecule has 0 spiro atoms. The summed E-state index contributed by atoms with van der Waals surface area (Å²) in [7, 11) is 1.71. The molecule has 7 rings (SSSR count). The molecule has 2 aromatic heterocycles. The first-order valence-electron chi connectivity index (χ1n) is 13.0. The molecule has 4 aliphatic rings. The zero-order chi connectivity index (χ0) is 24.5. The van der Waals surface area contributed by atoms with Gasteiger partial charge in [-0.05, 0) is 30.2 Å². The number of quaternary nitrogens is 1. The minimum absolute atomic E-state index is 0.141. The number of carbonyl (C=O) groups excluding carboxylic acids is 1. The third-order valence-corrected chi connectivity index (χ3v) is 8.26. The number of carbonyl (C=O) groups is 1. The first kappa shape index (κ1) is 23.0. The molecule has 9 heteroatoms. The van der Waals surface area contributed by atoms with Gasteiger partial charge in [-0.2, -0.15) is 0 Å². The van der Waals surface area contributed by atoms with Crippen LogP contribution in [0.5, 0.6) is 5.75 Å². The smallest absolute Gasteiger partial charge is 0.231 e. The van der Waals surface area contributed by atoms with E-state index >= 15 is 0 Å². The molecule has 0 saturated carbocycles. The molecule has 0 aliphatic carbocycles. The summed E-state index contributed by atoms with van der Waals surface area (Å²) in [6.45, 7) is 6.14. The molecule has 1 amide bonds. The Kier molecular flexibility index (Phi) is 6.31. The Morgan fingerprint density at radius 3 is 2.67 bits per heavy atom. The van der Waals surface area contributed by atoms with Gasteiger partial charge in [0.15, 0.2) is 0 Å². The van der Waals surface area contributed by atoms with Gasteiger partial charge in [0.25, 0.3) is 0 Å². The Hall–Kier alpha value is -3.46. The third kappa shape index (κ3) is 4.43. The number of nitrogens with zero attached hydrogens (tertiary/aromatic N) is 6. The summed E-state index contributed by atoms with van der Waals surface area (Å²) in [6, 6.07) is 14.4. The number of aromatic nitrogens is 4. The number of piperazine rings is 1. The lowest BCUT2D eigenvalue weighted by atomic mass is 9.75. The molecule has 1 N–H and O–H groups in total. The van der Waals surface area contributed by atoms with E-state index < -0.39 is 0 Å². The predicted molar refractivity (Wildman–Crippen MR) is 136 cm³/mol. The van der Waals surface area contributed by atoms with E-state index in [0.29, 0.717) is 17.9 Å². The van der Waals surface area contributed by atoms with Crippen LogP contribution >= 0.6 is 0 Å². The van der Waals surface area contributed by atoms with Crippen LogP contribution in [0.2, 0.25) is 0 Å². The minimum Gasteiger partial charge on any atom is -0.495 e. The van der Waals surface area contributed by atoms with E-state index in [2.05, 4.69) is 31.2 Å². The van der Waals surface area contributed by atoms with Crippen molar-refractivity contribution in [1.82, 2.24) is 24.9 Å². The van der Waals surface area contributed by atoms with Crippen LogP contribution < -0.4 is 14.5 Å². The molecule has 6 heterocycles. The summed E-state index contributed by atoms with van der Waals surface area (Å²) >= 11 is 0. The van der Waals surface area contributed by atoms with Crippen molar-refractivity contribution < 1.29 is 14.4 Å². The molecule has 1 unspecified atom stereocenters. The van der Waals surface area contributed by atoms with E-state index in [9.17, 15) is 4.79 Å². The number of ether oxygens (including phenoxy) is 1. The van der Waals surface area contributed by atoms with Crippen LogP contribution in [0.15, 0.2) is 54.9 Å². The summed E-state index contributed by atoms with van der Waals surface area (Å²) in [5.74, 6) is 1.85. The van der Waals surface area contributed by atoms with Gasteiger partial charge in [0.05, 0.1) is 50.2 Å². The van der Waals surface area contributed by atoms with Crippen LogP contribution in [0.4, 0.5) is 5.69 Å². The molecule has 188 valence electrons. The van der Waals surface area contributed by atoms with Crippen LogP contribution in [-0.4, -0.2) is 83.2 Å². The maximum atomic E-state index is 13.6. The highest BCUT2D eigenvalue weighted by Crippen LogP contribution is 2.31. The summed E-state index contributed by atoms with van der Waals surface area (Å²) in [4.78, 5) is 23.9. The molecular weight excluding hydrogens is 454 g/mol. The van der Waals surface area contributed by atoms with E-state index in [1.54, 1.807) is 18.2 Å². The molecule has 36 heavy (non-hydrogen) atoms. The molecule has 4 saturated heterocycles. The SMILES string of the molecule is COc1ccccc1N1CCN(C(=O)[C@H]2C[NH+]3CC[C@@H]2C[C@@H]3Cn2cc(-c3ccccn3)nn2)CC1. The van der Waals surface area contributed by atoms with Gasteiger partial charge < -0.3 is 19.4 Å². The Labute approximate surface area is 211 Å². The first-order valence-corrected chi connectivity index (χ1v) is 13.0. The number of para-hydroxylation sites is 2. The molecule has 4 atom stereocenters. The van der Waals surface area contributed by atoms with E-state index in [-0.39, 0.29) is 5.92 Å². The van der Waals surface area contributed by atoms with Crippen LogP contribution in [0.3, 0.4) is 0 Å². The van der Waals surface area contributed by atoms with Gasteiger partial charge in [-0.25, -0.2) is 4.68 Å². The fourth-order valence-electron chi connectivity index (χ4n) is 6.34. The zero-order valence-corrected chi connectivity index (χ0v) is 20.8. The van der Waals surface area contributed by atoms with Crippen molar-refractivity contribution in [3.8, 4) is 17.1 Å². The summed E-state index contributed by atoms with van der Waals surface area (Å²) < 4.78 is 7.49. The van der Waals surface area contributed by atoms with Crippen LogP contribution in [-0.2, 0) is 11.3 Å². The number of anilines is 1. The van der Waals surface area contributed by atoms with Gasteiger partial charge in [0.1, 0.15) is 17.5 Å². The zero-order valence-electron chi connectivity index (χ0n) is 20.8. The standard InChI is InChI=1S/C27H33N7O2/c1-36-26-8-3-2-7-25(26)31-12-14-32(15-13-31)27(35)22-18-33-11-9-20(22)16-21(33)17-34-19-24(29-30-34)23-6-4-5-10-28-23/h2-8,10,19-22H,9,11-18H2,1H3/p+1/t20-,21-,22+/m1/s1. The lowest BCUT2D eigenvalue weighted by Gasteiger charge is -2.47. The lowest BCUT2D eigenvalue weighted by Crippen LogP contribution is -3.20. The van der Waals surface area contributed by atoms with Gasteiger partial charge in [-0.3, -0.25) is 9.78 Å². The Morgan fingerprint density at radius 1 is 1.08 bits per heavy atom. The second kappa shape index (κ2) is 9.89. The number of hydrogen-bond acceptors (Lipinski definition) is 6. The van der Waals surface area contributed by atoms with Gasteiger partial charge in [-0.1, -0.05) is 23.4 Å². The molecule has 4 fully saturated rings. The summed E-state index contributed by atoms with van der Waals surface area (Å²) in [6.07, 6.45) is 5.99. The Morgan fingerprint density at radius 2 is 1.92 bits per heavy atom. The second-order valence-electron chi connectivity index (χ2n) is 10.2. The molecule has 3 aromatic rings. The highest BCUT2D eigenvalue weighted by Gasteiger charge is 2.48. The first-order chi connectivity index (χ1) is 17.7. The number of methoxy groups -OCH3 is 1. The minimum atomic E-state index is 0.141. The predicted octanol–water partition coefficient (Wildman–Crippen LogP) is 0.991. The number of amides is 1. The Bertz CT molecular complexity index is 1190. The van der Waals surface area contributed by atoms with Crippen molar-refractivity contribution in [2.45, 2.75) is 25.4 Å². The third-order valence-electron chi connectivity index (χ3n) is 8.26. The molecule has 0 radical (unpaired) electrons. The Balaban J connectivity index is 1.05. The maximum Gasteiger partial charge on any atom is 0.231 e. The highest BCUT2D eigenvalue weighted by molar-refractivity contribution is 5.80. The van der Waals surface area contributed by atoms with Crippen molar-refractivity contribution in [3.05, 3.63) is 54.9 Å². The number of hydrogen-bond donors (Lipinski definition) is 1. The number of nitrogens with one attached hydrogen (secondary N) is 1. The average Bonchev–Trinajstić information content (AvgIpc) is 3.42.